The highest BCUT2D eigenvalue weighted by atomic mass is 16.5. The Kier molecular flexibility index (Phi) is 7.58. The van der Waals surface area contributed by atoms with Gasteiger partial charge < -0.3 is 20.1 Å². The second kappa shape index (κ2) is 9.91. The third-order valence-corrected chi connectivity index (χ3v) is 4.44. The molecule has 0 fully saturated rings. The van der Waals surface area contributed by atoms with Crippen LogP contribution in [-0.2, 0) is 19.7 Å². The molecular formula is C23H28N2O5. The molecule has 160 valence electrons. The number of esters is 1. The lowest BCUT2D eigenvalue weighted by Crippen LogP contribution is -2.40. The Labute approximate surface area is 176 Å². The number of hydrogen-bond donors (Lipinski definition) is 2. The standard InChI is InChI=1S/C23H28N2O5/c1-15(24-21(27)16-10-12-17(13-11-16)23(2,3)4)22(28)30-14-20(26)25-18-8-6-7-9-19(18)29-5/h6-13,15H,14H2,1-5H3,(H,24,27)(H,25,26)/t15-/m0/s1. The van der Waals surface area contributed by atoms with Crippen molar-refractivity contribution in [1.29, 1.82) is 0 Å². The number of ether oxygens (including phenoxy) is 2. The molecule has 30 heavy (non-hydrogen) atoms. The fourth-order valence-corrected chi connectivity index (χ4v) is 2.66. The summed E-state index contributed by atoms with van der Waals surface area (Å²) in [5.41, 5.74) is 2.00. The molecule has 2 rings (SSSR count). The number of methoxy groups -OCH3 is 1. The molecule has 0 saturated heterocycles. The average molecular weight is 412 g/mol. The van der Waals surface area contributed by atoms with Crippen LogP contribution in [0.3, 0.4) is 0 Å². The molecular weight excluding hydrogens is 384 g/mol. The Morgan fingerprint density at radius 3 is 2.23 bits per heavy atom. The van der Waals surface area contributed by atoms with Crippen molar-refractivity contribution < 1.29 is 23.9 Å². The number of hydrogen-bond acceptors (Lipinski definition) is 5. The van der Waals surface area contributed by atoms with Crippen molar-refractivity contribution in [1.82, 2.24) is 5.32 Å². The Morgan fingerprint density at radius 1 is 1.00 bits per heavy atom. The molecule has 1 atom stereocenters. The first-order chi connectivity index (χ1) is 14.1. The van der Waals surface area contributed by atoms with Gasteiger partial charge in [-0.1, -0.05) is 45.0 Å². The molecule has 2 N–H and O–H groups in total. The van der Waals surface area contributed by atoms with Crippen LogP contribution in [-0.4, -0.2) is 37.5 Å². The highest BCUT2D eigenvalue weighted by molar-refractivity contribution is 5.97. The van der Waals surface area contributed by atoms with Crippen molar-refractivity contribution in [2.75, 3.05) is 19.0 Å². The molecule has 0 aromatic heterocycles. The van der Waals surface area contributed by atoms with Gasteiger partial charge in [0.05, 0.1) is 12.8 Å². The largest absolute Gasteiger partial charge is 0.495 e. The molecule has 0 bridgehead atoms. The smallest absolute Gasteiger partial charge is 0.328 e. The van der Waals surface area contributed by atoms with E-state index in [9.17, 15) is 14.4 Å². The molecule has 0 aliphatic rings. The molecule has 0 radical (unpaired) electrons. The predicted molar refractivity (Wildman–Crippen MR) is 115 cm³/mol. The summed E-state index contributed by atoms with van der Waals surface area (Å²) in [4.78, 5) is 36.5. The van der Waals surface area contributed by atoms with E-state index in [0.717, 1.165) is 5.56 Å². The number of para-hydroxylation sites is 2. The lowest BCUT2D eigenvalue weighted by Gasteiger charge is -2.19. The Bertz CT molecular complexity index is 901. The summed E-state index contributed by atoms with van der Waals surface area (Å²) in [6.07, 6.45) is 0. The molecule has 0 aliphatic heterocycles. The van der Waals surface area contributed by atoms with Crippen LogP contribution in [0.5, 0.6) is 5.75 Å². The van der Waals surface area contributed by atoms with Crippen LogP contribution in [0.25, 0.3) is 0 Å². The number of benzene rings is 2. The van der Waals surface area contributed by atoms with Crippen LogP contribution in [0.4, 0.5) is 5.69 Å². The molecule has 0 spiro atoms. The first kappa shape index (κ1) is 22.9. The number of anilines is 1. The van der Waals surface area contributed by atoms with E-state index in [0.29, 0.717) is 17.0 Å². The van der Waals surface area contributed by atoms with Gasteiger partial charge in [-0.3, -0.25) is 9.59 Å². The van der Waals surface area contributed by atoms with E-state index in [1.165, 1.54) is 14.0 Å². The minimum atomic E-state index is -0.904. The molecule has 2 aromatic carbocycles. The van der Waals surface area contributed by atoms with Gasteiger partial charge in [0.1, 0.15) is 11.8 Å². The van der Waals surface area contributed by atoms with Crippen molar-refractivity contribution in [2.45, 2.75) is 39.2 Å². The minimum absolute atomic E-state index is 0.0174. The van der Waals surface area contributed by atoms with Crippen LogP contribution in [0.1, 0.15) is 43.6 Å². The predicted octanol–water partition coefficient (Wildman–Crippen LogP) is 3.29. The fraction of sp³-hybridized carbons (Fsp3) is 0.348. The lowest BCUT2D eigenvalue weighted by atomic mass is 9.86. The molecule has 0 aliphatic carbocycles. The highest BCUT2D eigenvalue weighted by Gasteiger charge is 2.20. The van der Waals surface area contributed by atoms with Crippen molar-refractivity contribution in [2.24, 2.45) is 0 Å². The number of rotatable bonds is 7. The van der Waals surface area contributed by atoms with Gasteiger partial charge in [-0.25, -0.2) is 4.79 Å². The maximum Gasteiger partial charge on any atom is 0.328 e. The highest BCUT2D eigenvalue weighted by Crippen LogP contribution is 2.23. The number of carbonyl (C=O) groups excluding carboxylic acids is 3. The topological polar surface area (TPSA) is 93.7 Å². The van der Waals surface area contributed by atoms with Gasteiger partial charge in [0, 0.05) is 5.56 Å². The second-order valence-corrected chi connectivity index (χ2v) is 7.88. The number of carbonyl (C=O) groups is 3. The molecule has 2 amide bonds. The van der Waals surface area contributed by atoms with E-state index in [1.807, 2.05) is 12.1 Å². The third kappa shape index (κ3) is 6.34. The SMILES string of the molecule is COc1ccccc1NC(=O)COC(=O)[C@H](C)NC(=O)c1ccc(C(C)(C)C)cc1. The van der Waals surface area contributed by atoms with Crippen molar-refractivity contribution >= 4 is 23.5 Å². The summed E-state index contributed by atoms with van der Waals surface area (Å²) in [6.45, 7) is 7.29. The van der Waals surface area contributed by atoms with Gasteiger partial charge >= 0.3 is 5.97 Å². The second-order valence-electron chi connectivity index (χ2n) is 7.88. The van der Waals surface area contributed by atoms with E-state index in [-0.39, 0.29) is 5.41 Å². The molecule has 7 nitrogen and oxygen atoms in total. The van der Waals surface area contributed by atoms with Crippen molar-refractivity contribution in [3.8, 4) is 5.75 Å². The van der Waals surface area contributed by atoms with Crippen molar-refractivity contribution in [3.63, 3.8) is 0 Å². The molecule has 0 saturated carbocycles. The van der Waals surface area contributed by atoms with Gasteiger partial charge in [0.2, 0.25) is 0 Å². The maximum absolute atomic E-state index is 12.4. The van der Waals surface area contributed by atoms with Crippen LogP contribution >= 0.6 is 0 Å². The first-order valence-electron chi connectivity index (χ1n) is 9.62. The third-order valence-electron chi connectivity index (χ3n) is 4.44. The van der Waals surface area contributed by atoms with E-state index in [2.05, 4.69) is 31.4 Å². The minimum Gasteiger partial charge on any atom is -0.495 e. The van der Waals surface area contributed by atoms with E-state index in [4.69, 9.17) is 9.47 Å². The van der Waals surface area contributed by atoms with Crippen LogP contribution < -0.4 is 15.4 Å². The Morgan fingerprint density at radius 2 is 1.63 bits per heavy atom. The van der Waals surface area contributed by atoms with Gasteiger partial charge in [0.25, 0.3) is 11.8 Å². The zero-order valence-electron chi connectivity index (χ0n) is 17.9. The van der Waals surface area contributed by atoms with Crippen LogP contribution in [0, 0.1) is 0 Å². The summed E-state index contributed by atoms with van der Waals surface area (Å²) >= 11 is 0. The van der Waals surface area contributed by atoms with Gasteiger partial charge in [-0.2, -0.15) is 0 Å². The van der Waals surface area contributed by atoms with Crippen LogP contribution in [0.15, 0.2) is 48.5 Å². The quantitative estimate of drug-likeness (QED) is 0.681. The summed E-state index contributed by atoms with van der Waals surface area (Å²) in [5, 5.41) is 5.19. The lowest BCUT2D eigenvalue weighted by molar-refractivity contribution is -0.148. The van der Waals surface area contributed by atoms with Crippen LogP contribution in [0.2, 0.25) is 0 Å². The summed E-state index contributed by atoms with van der Waals surface area (Å²) in [6, 6.07) is 13.2. The summed E-state index contributed by atoms with van der Waals surface area (Å²) in [5.74, 6) is -1.11. The summed E-state index contributed by atoms with van der Waals surface area (Å²) < 4.78 is 10.2. The van der Waals surface area contributed by atoms with Gasteiger partial charge in [-0.15, -0.1) is 0 Å². The van der Waals surface area contributed by atoms with Crippen molar-refractivity contribution in [3.05, 3.63) is 59.7 Å². The maximum atomic E-state index is 12.4. The van der Waals surface area contributed by atoms with E-state index in [1.54, 1.807) is 36.4 Å². The number of nitrogens with one attached hydrogen (secondary N) is 2. The van der Waals surface area contributed by atoms with E-state index < -0.39 is 30.4 Å². The zero-order valence-corrected chi connectivity index (χ0v) is 17.9. The Hall–Kier alpha value is -3.35. The normalized spacial score (nSPS) is 11.9. The fourth-order valence-electron chi connectivity index (χ4n) is 2.66. The zero-order chi connectivity index (χ0) is 22.3. The monoisotopic (exact) mass is 412 g/mol. The summed E-state index contributed by atoms with van der Waals surface area (Å²) in [7, 11) is 1.49. The molecule has 0 unspecified atom stereocenters. The van der Waals surface area contributed by atoms with E-state index >= 15 is 0 Å². The average Bonchev–Trinajstić information content (AvgIpc) is 2.71. The van der Waals surface area contributed by atoms with Gasteiger partial charge in [0.15, 0.2) is 6.61 Å². The first-order valence-corrected chi connectivity index (χ1v) is 9.62. The molecule has 2 aromatic rings. The molecule has 0 heterocycles. The Balaban J connectivity index is 1.85. The van der Waals surface area contributed by atoms with Gasteiger partial charge in [-0.05, 0) is 42.2 Å². The number of amides is 2. The molecule has 7 heteroatoms.